The van der Waals surface area contributed by atoms with Crippen molar-refractivity contribution in [1.82, 2.24) is 9.62 Å². The highest BCUT2D eigenvalue weighted by atomic mass is 32.2. The van der Waals surface area contributed by atoms with Gasteiger partial charge >= 0.3 is 0 Å². The molecule has 0 unspecified atom stereocenters. The van der Waals surface area contributed by atoms with Gasteiger partial charge < -0.3 is 5.32 Å². The van der Waals surface area contributed by atoms with Crippen LogP contribution in [0.1, 0.15) is 65.2 Å². The normalized spacial score (nSPS) is 17.5. The van der Waals surface area contributed by atoms with Crippen LogP contribution in [0.3, 0.4) is 0 Å². The molecule has 1 fully saturated rings. The van der Waals surface area contributed by atoms with E-state index in [0.717, 1.165) is 13.0 Å². The molecular weight excluding hydrogens is 300 g/mol. The molecule has 6 heteroatoms. The Bertz CT molecular complexity index is 415. The Morgan fingerprint density at radius 2 is 1.68 bits per heavy atom. The molecule has 1 aliphatic heterocycles. The van der Waals surface area contributed by atoms with Crippen LogP contribution in [0.5, 0.6) is 0 Å². The van der Waals surface area contributed by atoms with E-state index in [0.29, 0.717) is 32.4 Å². The van der Waals surface area contributed by atoms with Crippen LogP contribution >= 0.6 is 0 Å². The number of hydrogen-bond donors (Lipinski definition) is 1. The summed E-state index contributed by atoms with van der Waals surface area (Å²) in [5.74, 6) is 0.286. The van der Waals surface area contributed by atoms with E-state index in [2.05, 4.69) is 12.2 Å². The number of hydrogen-bond acceptors (Lipinski definition) is 3. The molecule has 1 saturated heterocycles. The third-order valence-electron chi connectivity index (χ3n) is 4.26. The maximum absolute atomic E-state index is 12.1. The largest absolute Gasteiger partial charge is 0.356 e. The van der Waals surface area contributed by atoms with Crippen molar-refractivity contribution in [3.8, 4) is 0 Å². The molecule has 0 bridgehead atoms. The van der Waals surface area contributed by atoms with Crippen LogP contribution in [0.15, 0.2) is 0 Å². The fourth-order valence-corrected chi connectivity index (χ4v) is 4.41. The summed E-state index contributed by atoms with van der Waals surface area (Å²) in [5.41, 5.74) is 0. The van der Waals surface area contributed by atoms with Gasteiger partial charge in [-0.05, 0) is 25.7 Å². The predicted octanol–water partition coefficient (Wildman–Crippen LogP) is 2.52. The Morgan fingerprint density at radius 1 is 1.05 bits per heavy atom. The lowest BCUT2D eigenvalue weighted by molar-refractivity contribution is -0.126. The Morgan fingerprint density at radius 3 is 2.27 bits per heavy atom. The van der Waals surface area contributed by atoms with Gasteiger partial charge in [0.1, 0.15) is 0 Å². The number of piperidine rings is 1. The lowest BCUT2D eigenvalue weighted by Gasteiger charge is -2.30. The smallest absolute Gasteiger partial charge is 0.223 e. The van der Waals surface area contributed by atoms with E-state index in [4.69, 9.17) is 0 Å². The molecule has 0 aromatic heterocycles. The zero-order valence-electron chi connectivity index (χ0n) is 14.1. The first kappa shape index (κ1) is 19.4. The monoisotopic (exact) mass is 332 g/mol. The molecule has 0 aliphatic carbocycles. The van der Waals surface area contributed by atoms with Gasteiger partial charge in [-0.25, -0.2) is 12.7 Å². The molecular formula is C16H32N2O3S. The molecule has 22 heavy (non-hydrogen) atoms. The first-order chi connectivity index (χ1) is 10.5. The summed E-state index contributed by atoms with van der Waals surface area (Å²) < 4.78 is 25.5. The fourth-order valence-electron chi connectivity index (χ4n) is 2.87. The van der Waals surface area contributed by atoms with E-state index in [1.807, 2.05) is 6.92 Å². The maximum Gasteiger partial charge on any atom is 0.223 e. The summed E-state index contributed by atoms with van der Waals surface area (Å²) >= 11 is 0. The van der Waals surface area contributed by atoms with Crippen LogP contribution in [0, 0.1) is 5.92 Å². The average Bonchev–Trinajstić information content (AvgIpc) is 2.50. The Balaban J connectivity index is 2.22. The van der Waals surface area contributed by atoms with Gasteiger partial charge in [-0.3, -0.25) is 4.79 Å². The molecule has 5 nitrogen and oxygen atoms in total. The van der Waals surface area contributed by atoms with Gasteiger partial charge in [0.05, 0.1) is 5.75 Å². The van der Waals surface area contributed by atoms with Crippen molar-refractivity contribution < 1.29 is 13.2 Å². The number of nitrogens with one attached hydrogen (secondary N) is 1. The molecule has 1 N–H and O–H groups in total. The zero-order valence-corrected chi connectivity index (χ0v) is 15.0. The average molecular weight is 333 g/mol. The summed E-state index contributed by atoms with van der Waals surface area (Å²) in [4.78, 5) is 12.1. The van der Waals surface area contributed by atoms with E-state index in [1.165, 1.54) is 25.7 Å². The quantitative estimate of drug-likeness (QED) is 0.625. The van der Waals surface area contributed by atoms with Crippen molar-refractivity contribution in [2.75, 3.05) is 25.4 Å². The number of amides is 1. The van der Waals surface area contributed by atoms with E-state index < -0.39 is 10.0 Å². The van der Waals surface area contributed by atoms with E-state index >= 15 is 0 Å². The molecule has 1 aliphatic rings. The van der Waals surface area contributed by atoms with Gasteiger partial charge in [0.25, 0.3) is 0 Å². The first-order valence-corrected chi connectivity index (χ1v) is 10.4. The van der Waals surface area contributed by atoms with Crippen LogP contribution in [0.2, 0.25) is 0 Å². The molecule has 130 valence electrons. The molecule has 1 heterocycles. The maximum atomic E-state index is 12.1. The molecule has 0 radical (unpaired) electrons. The van der Waals surface area contributed by atoms with E-state index in [-0.39, 0.29) is 17.6 Å². The van der Waals surface area contributed by atoms with Gasteiger partial charge in [0.2, 0.25) is 15.9 Å². The third kappa shape index (κ3) is 6.65. The van der Waals surface area contributed by atoms with Gasteiger partial charge in [0, 0.05) is 25.6 Å². The van der Waals surface area contributed by atoms with Gasteiger partial charge in [-0.2, -0.15) is 0 Å². The van der Waals surface area contributed by atoms with Crippen LogP contribution in [0.25, 0.3) is 0 Å². The van der Waals surface area contributed by atoms with Gasteiger partial charge in [-0.1, -0.05) is 39.5 Å². The van der Waals surface area contributed by atoms with Crippen molar-refractivity contribution in [3.63, 3.8) is 0 Å². The summed E-state index contributed by atoms with van der Waals surface area (Å²) in [6.07, 6.45) is 7.86. The van der Waals surface area contributed by atoms with Crippen molar-refractivity contribution in [1.29, 1.82) is 0 Å². The minimum atomic E-state index is -3.11. The molecule has 0 atom stereocenters. The summed E-state index contributed by atoms with van der Waals surface area (Å²) in [6.45, 7) is 5.78. The fraction of sp³-hybridized carbons (Fsp3) is 0.938. The molecule has 0 spiro atoms. The molecule has 0 aromatic carbocycles. The van der Waals surface area contributed by atoms with Crippen LogP contribution in [-0.4, -0.2) is 44.0 Å². The van der Waals surface area contributed by atoms with Crippen molar-refractivity contribution in [2.24, 2.45) is 5.92 Å². The Hall–Kier alpha value is -0.620. The minimum absolute atomic E-state index is 0.0243. The molecule has 0 aromatic rings. The SMILES string of the molecule is CCCCCCCNC(=O)C1CCN(S(=O)(=O)CCC)CC1. The van der Waals surface area contributed by atoms with Crippen LogP contribution in [0.4, 0.5) is 0 Å². The number of carbonyl (C=O) groups excluding carboxylic acids is 1. The number of carbonyl (C=O) groups is 1. The lowest BCUT2D eigenvalue weighted by atomic mass is 9.97. The number of unbranched alkanes of at least 4 members (excludes halogenated alkanes) is 4. The number of sulfonamides is 1. The zero-order chi connectivity index (χ0) is 16.4. The Kier molecular flexibility index (Phi) is 9.02. The van der Waals surface area contributed by atoms with Crippen molar-refractivity contribution in [3.05, 3.63) is 0 Å². The third-order valence-corrected chi connectivity index (χ3v) is 6.34. The highest BCUT2D eigenvalue weighted by Crippen LogP contribution is 2.20. The van der Waals surface area contributed by atoms with Crippen molar-refractivity contribution in [2.45, 2.75) is 65.2 Å². The second kappa shape index (κ2) is 10.2. The summed E-state index contributed by atoms with van der Waals surface area (Å²) in [6, 6.07) is 0. The minimum Gasteiger partial charge on any atom is -0.356 e. The standard InChI is InChI=1S/C16H32N2O3S/c1-3-5-6-7-8-11-17-16(19)15-9-12-18(13-10-15)22(20,21)14-4-2/h15H,3-14H2,1-2H3,(H,17,19). The topological polar surface area (TPSA) is 66.5 Å². The number of rotatable bonds is 10. The molecule has 1 rings (SSSR count). The second-order valence-corrected chi connectivity index (χ2v) is 8.28. The van der Waals surface area contributed by atoms with Crippen LogP contribution in [-0.2, 0) is 14.8 Å². The summed E-state index contributed by atoms with van der Waals surface area (Å²) in [5, 5.41) is 3.00. The van der Waals surface area contributed by atoms with E-state index in [9.17, 15) is 13.2 Å². The highest BCUT2D eigenvalue weighted by Gasteiger charge is 2.30. The van der Waals surface area contributed by atoms with Crippen LogP contribution < -0.4 is 5.32 Å². The van der Waals surface area contributed by atoms with E-state index in [1.54, 1.807) is 4.31 Å². The number of nitrogens with zero attached hydrogens (tertiary/aromatic N) is 1. The molecule has 0 saturated carbocycles. The Labute approximate surface area is 135 Å². The van der Waals surface area contributed by atoms with Gasteiger partial charge in [-0.15, -0.1) is 0 Å². The highest BCUT2D eigenvalue weighted by molar-refractivity contribution is 7.89. The molecule has 1 amide bonds. The first-order valence-electron chi connectivity index (χ1n) is 8.76. The lowest BCUT2D eigenvalue weighted by Crippen LogP contribution is -2.43. The van der Waals surface area contributed by atoms with Gasteiger partial charge in [0.15, 0.2) is 0 Å². The summed E-state index contributed by atoms with van der Waals surface area (Å²) in [7, 11) is -3.11. The predicted molar refractivity (Wildman–Crippen MR) is 90.1 cm³/mol. The van der Waals surface area contributed by atoms with Crippen molar-refractivity contribution >= 4 is 15.9 Å². The second-order valence-electron chi connectivity index (χ2n) is 6.19.